The molecule has 0 aromatic heterocycles. The molecule has 138 valence electrons. The molecule has 2 aromatic rings. The van der Waals surface area contributed by atoms with Crippen molar-refractivity contribution in [1.29, 1.82) is 0 Å². The van der Waals surface area contributed by atoms with Crippen LogP contribution in [0.4, 0.5) is 0 Å². The van der Waals surface area contributed by atoms with E-state index in [0.717, 1.165) is 43.4 Å². The second kappa shape index (κ2) is 8.86. The Kier molecular flexibility index (Phi) is 6.29. The van der Waals surface area contributed by atoms with Gasteiger partial charge in [0, 0.05) is 6.04 Å². The quantitative estimate of drug-likeness (QED) is 0.767. The lowest BCUT2D eigenvalue weighted by Crippen LogP contribution is -2.35. The first-order chi connectivity index (χ1) is 12.7. The molecule has 0 heterocycles. The molecular weight excluding hydrogens is 326 g/mol. The summed E-state index contributed by atoms with van der Waals surface area (Å²) in [5.74, 6) is 0.296. The summed E-state index contributed by atoms with van der Waals surface area (Å²) in [5, 5.41) is 3.59. The van der Waals surface area contributed by atoms with Crippen LogP contribution in [0.15, 0.2) is 42.5 Å². The smallest absolute Gasteiger partial charge is 0.341 e. The number of hydrogen-bond acceptors (Lipinski definition) is 4. The summed E-state index contributed by atoms with van der Waals surface area (Å²) in [7, 11) is 1.43. The summed E-state index contributed by atoms with van der Waals surface area (Å²) in [6.45, 7) is 3.64. The zero-order valence-electron chi connectivity index (χ0n) is 15.6. The highest BCUT2D eigenvalue weighted by Crippen LogP contribution is 2.32. The summed E-state index contributed by atoms with van der Waals surface area (Å²) in [6.07, 6.45) is 3.96. The fraction of sp³-hybridized carbons (Fsp3) is 0.409. The van der Waals surface area contributed by atoms with Gasteiger partial charge in [0.1, 0.15) is 17.9 Å². The molecule has 0 fully saturated rings. The van der Waals surface area contributed by atoms with Gasteiger partial charge in [-0.1, -0.05) is 43.3 Å². The predicted molar refractivity (Wildman–Crippen MR) is 103 cm³/mol. The number of rotatable bonds is 7. The van der Waals surface area contributed by atoms with E-state index in [0.29, 0.717) is 24.0 Å². The predicted octanol–water partition coefficient (Wildman–Crippen LogP) is 3.91. The highest BCUT2D eigenvalue weighted by Gasteiger charge is 2.26. The van der Waals surface area contributed by atoms with Crippen molar-refractivity contribution < 1.29 is 14.3 Å². The first-order valence-electron chi connectivity index (χ1n) is 9.36. The molecule has 0 spiro atoms. The number of nitrogens with one attached hydrogen (secondary N) is 1. The van der Waals surface area contributed by atoms with Crippen LogP contribution in [0.3, 0.4) is 0 Å². The maximum atomic E-state index is 12.5. The Labute approximate surface area is 155 Å². The van der Waals surface area contributed by atoms with Crippen molar-refractivity contribution in [3.63, 3.8) is 0 Å². The average Bonchev–Trinajstić information content (AvgIpc) is 2.70. The molecule has 4 nitrogen and oxygen atoms in total. The Morgan fingerprint density at radius 3 is 2.73 bits per heavy atom. The van der Waals surface area contributed by atoms with Gasteiger partial charge in [-0.2, -0.15) is 0 Å². The normalized spacial score (nSPS) is 16.0. The van der Waals surface area contributed by atoms with Gasteiger partial charge in [0.05, 0.1) is 7.11 Å². The highest BCUT2D eigenvalue weighted by molar-refractivity contribution is 5.94. The van der Waals surface area contributed by atoms with Crippen LogP contribution in [-0.2, 0) is 24.2 Å². The molecule has 1 N–H and O–H groups in total. The van der Waals surface area contributed by atoms with Crippen molar-refractivity contribution >= 4 is 5.97 Å². The van der Waals surface area contributed by atoms with Crippen molar-refractivity contribution in [3.8, 4) is 5.75 Å². The lowest BCUT2D eigenvalue weighted by molar-refractivity contribution is 0.0593. The first kappa shape index (κ1) is 18.5. The molecule has 4 heteroatoms. The van der Waals surface area contributed by atoms with Crippen LogP contribution < -0.4 is 10.1 Å². The third-order valence-corrected chi connectivity index (χ3v) is 4.89. The van der Waals surface area contributed by atoms with E-state index in [-0.39, 0.29) is 5.97 Å². The first-order valence-corrected chi connectivity index (χ1v) is 9.36. The monoisotopic (exact) mass is 353 g/mol. The van der Waals surface area contributed by atoms with Crippen molar-refractivity contribution in [2.45, 2.75) is 45.3 Å². The molecule has 0 unspecified atom stereocenters. The number of fused-ring (bicyclic) bond motifs is 1. The molecule has 0 amide bonds. The number of benzene rings is 2. The average molecular weight is 353 g/mol. The van der Waals surface area contributed by atoms with Gasteiger partial charge < -0.3 is 14.8 Å². The largest absolute Gasteiger partial charge is 0.488 e. The van der Waals surface area contributed by atoms with E-state index in [2.05, 4.69) is 18.3 Å². The van der Waals surface area contributed by atoms with Gasteiger partial charge in [-0.25, -0.2) is 4.79 Å². The van der Waals surface area contributed by atoms with Crippen LogP contribution in [0.25, 0.3) is 0 Å². The number of hydrogen-bond donors (Lipinski definition) is 1. The van der Waals surface area contributed by atoms with E-state index in [9.17, 15) is 4.79 Å². The summed E-state index contributed by atoms with van der Waals surface area (Å²) < 4.78 is 11.0. The summed E-state index contributed by atoms with van der Waals surface area (Å²) in [4.78, 5) is 12.5. The zero-order chi connectivity index (χ0) is 18.4. The van der Waals surface area contributed by atoms with Gasteiger partial charge in [-0.15, -0.1) is 0 Å². The number of methoxy groups -OCH3 is 1. The number of carbonyl (C=O) groups excluding carboxylic acids is 1. The maximum Gasteiger partial charge on any atom is 0.341 e. The molecule has 0 aliphatic heterocycles. The third-order valence-electron chi connectivity index (χ3n) is 4.89. The van der Waals surface area contributed by atoms with E-state index in [1.54, 1.807) is 0 Å². The van der Waals surface area contributed by atoms with Gasteiger partial charge in [0.25, 0.3) is 0 Å². The summed E-state index contributed by atoms with van der Waals surface area (Å²) >= 11 is 0. The van der Waals surface area contributed by atoms with Crippen LogP contribution in [-0.4, -0.2) is 25.7 Å². The second-order valence-corrected chi connectivity index (χ2v) is 6.74. The minimum absolute atomic E-state index is 0.315. The number of ether oxygens (including phenoxy) is 2. The van der Waals surface area contributed by atoms with Crippen molar-refractivity contribution in [2.75, 3.05) is 13.7 Å². The molecule has 26 heavy (non-hydrogen) atoms. The third kappa shape index (κ3) is 4.25. The minimum Gasteiger partial charge on any atom is -0.488 e. The lowest BCUT2D eigenvalue weighted by atomic mass is 9.85. The lowest BCUT2D eigenvalue weighted by Gasteiger charge is -2.27. The maximum absolute atomic E-state index is 12.5. The second-order valence-electron chi connectivity index (χ2n) is 6.74. The molecule has 0 radical (unpaired) electrons. The van der Waals surface area contributed by atoms with Crippen LogP contribution in [0.2, 0.25) is 0 Å². The van der Waals surface area contributed by atoms with Gasteiger partial charge in [0.2, 0.25) is 0 Å². The summed E-state index contributed by atoms with van der Waals surface area (Å²) in [5.41, 5.74) is 3.97. The molecule has 0 saturated carbocycles. The zero-order valence-corrected chi connectivity index (χ0v) is 15.6. The molecule has 1 aliphatic carbocycles. The molecular formula is C22H27NO3. The fourth-order valence-electron chi connectivity index (χ4n) is 3.54. The van der Waals surface area contributed by atoms with Crippen LogP contribution >= 0.6 is 0 Å². The Hall–Kier alpha value is -2.33. The molecule has 0 saturated heterocycles. The van der Waals surface area contributed by atoms with Crippen LogP contribution in [0.5, 0.6) is 5.75 Å². The number of esters is 1. The number of carbonyl (C=O) groups is 1. The minimum atomic E-state index is -0.315. The fourth-order valence-corrected chi connectivity index (χ4v) is 3.54. The molecule has 2 aromatic carbocycles. The standard InChI is InChI=1S/C22H27NO3/c1-3-13-23-18-10-11-19-17(14-18)9-12-20(21(19)22(24)25-2)26-15-16-7-5-4-6-8-16/h4-9,12,18,23H,3,10-11,13-15H2,1-2H3/t18-/m0/s1. The van der Waals surface area contributed by atoms with Gasteiger partial charge >= 0.3 is 5.97 Å². The Morgan fingerprint density at radius 2 is 2.00 bits per heavy atom. The van der Waals surface area contributed by atoms with E-state index >= 15 is 0 Å². The van der Waals surface area contributed by atoms with E-state index in [1.165, 1.54) is 12.7 Å². The van der Waals surface area contributed by atoms with E-state index < -0.39 is 0 Å². The van der Waals surface area contributed by atoms with Crippen molar-refractivity contribution in [2.24, 2.45) is 0 Å². The topological polar surface area (TPSA) is 47.6 Å². The molecule has 0 bridgehead atoms. The molecule has 3 rings (SSSR count). The Balaban J connectivity index is 1.83. The molecule has 1 atom stereocenters. The van der Waals surface area contributed by atoms with Crippen LogP contribution in [0.1, 0.15) is 46.8 Å². The van der Waals surface area contributed by atoms with Gasteiger partial charge in [-0.3, -0.25) is 0 Å². The summed E-state index contributed by atoms with van der Waals surface area (Å²) in [6, 6.07) is 14.5. The Bertz CT molecular complexity index is 743. The molecule has 1 aliphatic rings. The highest BCUT2D eigenvalue weighted by atomic mass is 16.5. The van der Waals surface area contributed by atoms with Gasteiger partial charge in [0.15, 0.2) is 0 Å². The van der Waals surface area contributed by atoms with Crippen molar-refractivity contribution in [1.82, 2.24) is 5.32 Å². The Morgan fingerprint density at radius 1 is 1.19 bits per heavy atom. The van der Waals surface area contributed by atoms with Gasteiger partial charge in [-0.05, 0) is 55.0 Å². The van der Waals surface area contributed by atoms with Crippen LogP contribution in [0, 0.1) is 0 Å². The van der Waals surface area contributed by atoms with E-state index in [1.807, 2.05) is 36.4 Å². The van der Waals surface area contributed by atoms with Crippen molar-refractivity contribution in [3.05, 3.63) is 64.7 Å². The SMILES string of the molecule is CCCN[C@H]1CCc2c(ccc(OCc3ccccc3)c2C(=O)OC)C1. The van der Waals surface area contributed by atoms with E-state index in [4.69, 9.17) is 9.47 Å².